The van der Waals surface area contributed by atoms with Crippen molar-refractivity contribution in [2.75, 3.05) is 7.05 Å². The Morgan fingerprint density at radius 1 is 1.50 bits per heavy atom. The molecule has 0 aromatic heterocycles. The van der Waals surface area contributed by atoms with Gasteiger partial charge in [-0.25, -0.2) is 0 Å². The Kier molecular flexibility index (Phi) is 2.97. The number of carbonyl (C=O) groups is 1. The van der Waals surface area contributed by atoms with Gasteiger partial charge in [-0.2, -0.15) is 0 Å². The van der Waals surface area contributed by atoms with E-state index in [0.717, 1.165) is 6.42 Å². The molecule has 0 saturated heterocycles. The molecule has 2 rings (SSSR count). The van der Waals surface area contributed by atoms with Gasteiger partial charge in [0.25, 0.3) is 0 Å². The molecule has 0 spiro atoms. The minimum absolute atomic E-state index is 0.0701. The topological polar surface area (TPSA) is 38.3 Å². The zero-order valence-corrected chi connectivity index (χ0v) is 9.91. The molecule has 1 aliphatic carbocycles. The third kappa shape index (κ3) is 1.95. The molecule has 3 nitrogen and oxygen atoms in total. The van der Waals surface area contributed by atoms with E-state index in [1.807, 2.05) is 7.05 Å². The summed E-state index contributed by atoms with van der Waals surface area (Å²) in [4.78, 5) is 11.0. The summed E-state index contributed by atoms with van der Waals surface area (Å²) in [5.41, 5.74) is 3.77. The van der Waals surface area contributed by atoms with Crippen LogP contribution in [0.4, 0.5) is 0 Å². The Morgan fingerprint density at radius 3 is 2.88 bits per heavy atom. The minimum atomic E-state index is -0.213. The fourth-order valence-electron chi connectivity index (χ4n) is 2.39. The van der Waals surface area contributed by atoms with E-state index >= 15 is 0 Å². The first-order chi connectivity index (χ1) is 7.61. The summed E-state index contributed by atoms with van der Waals surface area (Å²) in [5.74, 6) is -0.213. The number of fused-ring (bicyclic) bond motifs is 1. The van der Waals surface area contributed by atoms with Crippen LogP contribution in [0.3, 0.4) is 0 Å². The summed E-state index contributed by atoms with van der Waals surface area (Å²) in [7, 11) is 1.90. The van der Waals surface area contributed by atoms with E-state index in [-0.39, 0.29) is 18.1 Å². The second kappa shape index (κ2) is 4.26. The molecule has 1 aliphatic rings. The van der Waals surface area contributed by atoms with Crippen LogP contribution in [-0.4, -0.2) is 19.1 Å². The highest BCUT2D eigenvalue weighted by Crippen LogP contribution is 2.33. The average Bonchev–Trinajstić information content (AvgIpc) is 2.53. The third-order valence-corrected chi connectivity index (χ3v) is 3.06. The van der Waals surface area contributed by atoms with Gasteiger partial charge >= 0.3 is 5.97 Å². The lowest BCUT2D eigenvalue weighted by Crippen LogP contribution is -2.29. The quantitative estimate of drug-likeness (QED) is 0.770. The molecular formula is C13H17NO2. The maximum Gasteiger partial charge on any atom is 0.302 e. The zero-order chi connectivity index (χ0) is 11.7. The molecule has 86 valence electrons. The monoisotopic (exact) mass is 219 g/mol. The molecule has 2 unspecified atom stereocenters. The summed E-state index contributed by atoms with van der Waals surface area (Å²) >= 11 is 0. The van der Waals surface area contributed by atoms with Crippen LogP contribution in [0.2, 0.25) is 0 Å². The molecule has 2 atom stereocenters. The highest BCUT2D eigenvalue weighted by Gasteiger charge is 2.33. The highest BCUT2D eigenvalue weighted by atomic mass is 16.5. The minimum Gasteiger partial charge on any atom is -0.460 e. The van der Waals surface area contributed by atoms with Crippen molar-refractivity contribution in [1.82, 2.24) is 5.32 Å². The smallest absolute Gasteiger partial charge is 0.302 e. The van der Waals surface area contributed by atoms with E-state index in [0.29, 0.717) is 0 Å². The van der Waals surface area contributed by atoms with Gasteiger partial charge < -0.3 is 10.1 Å². The molecule has 0 radical (unpaired) electrons. The summed E-state index contributed by atoms with van der Waals surface area (Å²) in [6, 6.07) is 6.51. The van der Waals surface area contributed by atoms with Gasteiger partial charge in [-0.05, 0) is 25.1 Å². The summed E-state index contributed by atoms with van der Waals surface area (Å²) in [6.07, 6.45) is 0.736. The molecule has 0 fully saturated rings. The van der Waals surface area contributed by atoms with Crippen molar-refractivity contribution in [1.29, 1.82) is 0 Å². The normalized spacial score (nSPS) is 22.9. The van der Waals surface area contributed by atoms with Crippen molar-refractivity contribution < 1.29 is 9.53 Å². The lowest BCUT2D eigenvalue weighted by atomic mass is 10.1. The van der Waals surface area contributed by atoms with Crippen LogP contribution < -0.4 is 5.32 Å². The van der Waals surface area contributed by atoms with E-state index in [4.69, 9.17) is 4.74 Å². The molecule has 0 aliphatic heterocycles. The number of rotatable bonds is 2. The van der Waals surface area contributed by atoms with E-state index in [1.165, 1.54) is 23.6 Å². The largest absolute Gasteiger partial charge is 0.460 e. The predicted octanol–water partition coefficient (Wildman–Crippen LogP) is 1.74. The number of aryl methyl sites for hydroxylation is 1. The van der Waals surface area contributed by atoms with Crippen molar-refractivity contribution in [2.45, 2.75) is 32.4 Å². The lowest BCUT2D eigenvalue weighted by Gasteiger charge is -2.19. The van der Waals surface area contributed by atoms with Gasteiger partial charge in [0.05, 0.1) is 6.04 Å². The number of hydrogen-bond donors (Lipinski definition) is 1. The molecule has 1 N–H and O–H groups in total. The van der Waals surface area contributed by atoms with Gasteiger partial charge in [-0.3, -0.25) is 4.79 Å². The van der Waals surface area contributed by atoms with Crippen molar-refractivity contribution in [3.8, 4) is 0 Å². The maximum atomic E-state index is 11.0. The van der Waals surface area contributed by atoms with Gasteiger partial charge in [0.2, 0.25) is 0 Å². The molecule has 0 saturated carbocycles. The average molecular weight is 219 g/mol. The number of likely N-dealkylation sites (N-methyl/N-ethyl adjacent to an activating group) is 1. The van der Waals surface area contributed by atoms with Gasteiger partial charge in [-0.15, -0.1) is 0 Å². The molecule has 0 heterocycles. The van der Waals surface area contributed by atoms with Crippen LogP contribution >= 0.6 is 0 Å². The van der Waals surface area contributed by atoms with E-state index in [1.54, 1.807) is 0 Å². The Hall–Kier alpha value is -1.35. The van der Waals surface area contributed by atoms with Crippen LogP contribution in [0, 0.1) is 6.92 Å². The molecule has 0 amide bonds. The zero-order valence-electron chi connectivity index (χ0n) is 9.91. The van der Waals surface area contributed by atoms with Gasteiger partial charge in [0.15, 0.2) is 0 Å². The second-order valence-corrected chi connectivity index (χ2v) is 4.32. The highest BCUT2D eigenvalue weighted by molar-refractivity contribution is 5.66. The molecule has 1 aromatic carbocycles. The van der Waals surface area contributed by atoms with Crippen LogP contribution in [0.5, 0.6) is 0 Å². The van der Waals surface area contributed by atoms with E-state index in [9.17, 15) is 4.79 Å². The molecule has 0 bridgehead atoms. The first-order valence-electron chi connectivity index (χ1n) is 5.55. The summed E-state index contributed by atoms with van der Waals surface area (Å²) in [5, 5.41) is 3.23. The molecule has 16 heavy (non-hydrogen) atoms. The first-order valence-corrected chi connectivity index (χ1v) is 5.55. The molecule has 1 aromatic rings. The predicted molar refractivity (Wildman–Crippen MR) is 62.2 cm³/mol. The van der Waals surface area contributed by atoms with Gasteiger partial charge in [0.1, 0.15) is 6.10 Å². The maximum absolute atomic E-state index is 11.0. The van der Waals surface area contributed by atoms with E-state index < -0.39 is 0 Å². The van der Waals surface area contributed by atoms with Gasteiger partial charge in [-0.1, -0.05) is 23.8 Å². The Morgan fingerprint density at radius 2 is 2.25 bits per heavy atom. The van der Waals surface area contributed by atoms with Crippen molar-refractivity contribution in [3.63, 3.8) is 0 Å². The first kappa shape index (κ1) is 11.1. The lowest BCUT2D eigenvalue weighted by molar-refractivity contribution is -0.147. The number of ether oxygens (including phenoxy) is 1. The van der Waals surface area contributed by atoms with Crippen LogP contribution in [0.1, 0.15) is 29.7 Å². The standard InChI is InChI=1S/C13H17NO2/c1-8-4-5-10-7-12(16-9(2)15)13(14-3)11(10)6-8/h4-6,12-14H,7H2,1-3H3. The van der Waals surface area contributed by atoms with Crippen LogP contribution in [-0.2, 0) is 16.0 Å². The fourth-order valence-corrected chi connectivity index (χ4v) is 2.39. The number of benzene rings is 1. The second-order valence-electron chi connectivity index (χ2n) is 4.32. The Bertz CT molecular complexity index is 414. The van der Waals surface area contributed by atoms with Gasteiger partial charge in [0, 0.05) is 13.3 Å². The number of esters is 1. The fraction of sp³-hybridized carbons (Fsp3) is 0.462. The Labute approximate surface area is 95.8 Å². The number of carbonyl (C=O) groups excluding carboxylic acids is 1. The SMILES string of the molecule is CNC1c2cc(C)ccc2CC1OC(C)=O. The van der Waals surface area contributed by atoms with Crippen molar-refractivity contribution in [2.24, 2.45) is 0 Å². The Balaban J connectivity index is 2.29. The molecule has 3 heteroatoms. The van der Waals surface area contributed by atoms with E-state index in [2.05, 4.69) is 30.4 Å². The molecular weight excluding hydrogens is 202 g/mol. The third-order valence-electron chi connectivity index (χ3n) is 3.06. The number of hydrogen-bond acceptors (Lipinski definition) is 3. The van der Waals surface area contributed by atoms with Crippen LogP contribution in [0.15, 0.2) is 18.2 Å². The van der Waals surface area contributed by atoms with Crippen molar-refractivity contribution >= 4 is 5.97 Å². The summed E-state index contributed by atoms with van der Waals surface area (Å²) < 4.78 is 5.34. The number of nitrogens with one attached hydrogen (secondary N) is 1. The summed E-state index contributed by atoms with van der Waals surface area (Å²) in [6.45, 7) is 3.53. The van der Waals surface area contributed by atoms with Crippen molar-refractivity contribution in [3.05, 3.63) is 34.9 Å². The van der Waals surface area contributed by atoms with Crippen LogP contribution in [0.25, 0.3) is 0 Å².